The molecule has 114 valence electrons. The van der Waals surface area contributed by atoms with Crippen molar-refractivity contribution in [3.63, 3.8) is 0 Å². The van der Waals surface area contributed by atoms with Crippen LogP contribution >= 0.6 is 0 Å². The second-order valence-electron chi connectivity index (χ2n) is 4.38. The van der Waals surface area contributed by atoms with E-state index in [2.05, 4.69) is 0 Å². The van der Waals surface area contributed by atoms with Gasteiger partial charge in [0.05, 0.1) is 19.8 Å². The Morgan fingerprint density at radius 1 is 0.773 bits per heavy atom. The largest absolute Gasteiger partial charge is 0.492 e. The van der Waals surface area contributed by atoms with E-state index in [4.69, 9.17) is 9.47 Å². The van der Waals surface area contributed by atoms with Crippen molar-refractivity contribution < 1.29 is 29.3 Å². The van der Waals surface area contributed by atoms with Crippen molar-refractivity contribution in [2.75, 3.05) is 14.2 Å². The Kier molecular flexibility index (Phi) is 4.31. The van der Waals surface area contributed by atoms with E-state index in [1.807, 2.05) is 0 Å². The summed E-state index contributed by atoms with van der Waals surface area (Å²) in [5, 5.41) is 18.5. The SMILES string of the molecule is COc1c(C(=O)O)ccc(-c2ccccc2C(=O)O)c1OC. The van der Waals surface area contributed by atoms with Crippen LogP contribution in [0.4, 0.5) is 0 Å². The highest BCUT2D eigenvalue weighted by atomic mass is 16.5. The second-order valence-corrected chi connectivity index (χ2v) is 4.38. The Hall–Kier alpha value is -3.02. The van der Waals surface area contributed by atoms with Crippen LogP contribution < -0.4 is 9.47 Å². The lowest BCUT2D eigenvalue weighted by Gasteiger charge is -2.16. The maximum atomic E-state index is 11.4. The van der Waals surface area contributed by atoms with E-state index >= 15 is 0 Å². The van der Waals surface area contributed by atoms with Crippen LogP contribution in [0.15, 0.2) is 36.4 Å². The van der Waals surface area contributed by atoms with Gasteiger partial charge in [-0.2, -0.15) is 0 Å². The molecule has 0 aliphatic rings. The fourth-order valence-electron chi connectivity index (χ4n) is 2.25. The Balaban J connectivity index is 2.77. The van der Waals surface area contributed by atoms with Crippen molar-refractivity contribution in [1.82, 2.24) is 0 Å². The number of rotatable bonds is 5. The highest BCUT2D eigenvalue weighted by Gasteiger charge is 2.22. The molecule has 2 aromatic rings. The van der Waals surface area contributed by atoms with Crippen LogP contribution in [0.25, 0.3) is 11.1 Å². The molecule has 0 fully saturated rings. The summed E-state index contributed by atoms with van der Waals surface area (Å²) in [6, 6.07) is 9.27. The molecule has 0 amide bonds. The molecule has 0 spiro atoms. The van der Waals surface area contributed by atoms with Gasteiger partial charge in [-0.1, -0.05) is 18.2 Å². The smallest absolute Gasteiger partial charge is 0.339 e. The van der Waals surface area contributed by atoms with Crippen LogP contribution in [0.2, 0.25) is 0 Å². The number of hydrogen-bond acceptors (Lipinski definition) is 4. The zero-order chi connectivity index (χ0) is 16.3. The maximum absolute atomic E-state index is 11.4. The van der Waals surface area contributed by atoms with E-state index in [1.165, 1.54) is 32.4 Å². The average Bonchev–Trinajstić information content (AvgIpc) is 2.52. The number of carboxylic acid groups (broad SMARTS) is 2. The minimum absolute atomic E-state index is 0.0488. The minimum atomic E-state index is -1.16. The fourth-order valence-corrected chi connectivity index (χ4v) is 2.25. The molecular weight excluding hydrogens is 288 g/mol. The van der Waals surface area contributed by atoms with Gasteiger partial charge in [-0.3, -0.25) is 0 Å². The minimum Gasteiger partial charge on any atom is -0.492 e. The van der Waals surface area contributed by atoms with Crippen LogP contribution in [-0.4, -0.2) is 36.4 Å². The van der Waals surface area contributed by atoms with Gasteiger partial charge >= 0.3 is 11.9 Å². The molecule has 0 heterocycles. The van der Waals surface area contributed by atoms with Crippen molar-refractivity contribution in [3.8, 4) is 22.6 Å². The summed E-state index contributed by atoms with van der Waals surface area (Å²) in [4.78, 5) is 22.6. The maximum Gasteiger partial charge on any atom is 0.339 e. The van der Waals surface area contributed by atoms with Crippen molar-refractivity contribution in [2.24, 2.45) is 0 Å². The van der Waals surface area contributed by atoms with E-state index in [-0.39, 0.29) is 22.6 Å². The summed E-state index contributed by atoms with van der Waals surface area (Å²) in [5.74, 6) is -2.02. The first-order valence-electron chi connectivity index (χ1n) is 6.32. The van der Waals surface area contributed by atoms with Crippen molar-refractivity contribution in [2.45, 2.75) is 0 Å². The van der Waals surface area contributed by atoms with Gasteiger partial charge < -0.3 is 19.7 Å². The van der Waals surface area contributed by atoms with Crippen molar-refractivity contribution >= 4 is 11.9 Å². The predicted octanol–water partition coefficient (Wildman–Crippen LogP) is 2.77. The van der Waals surface area contributed by atoms with Crippen LogP contribution in [0.1, 0.15) is 20.7 Å². The number of carbonyl (C=O) groups is 2. The number of aromatic carboxylic acids is 2. The molecule has 0 bridgehead atoms. The molecule has 6 heteroatoms. The molecule has 0 aliphatic heterocycles. The van der Waals surface area contributed by atoms with Crippen molar-refractivity contribution in [3.05, 3.63) is 47.5 Å². The number of carboxylic acids is 2. The summed E-state index contributed by atoms with van der Waals surface area (Å²) in [5.41, 5.74) is 0.895. The molecule has 0 radical (unpaired) electrons. The highest BCUT2D eigenvalue weighted by molar-refractivity contribution is 5.99. The van der Waals surface area contributed by atoms with E-state index in [0.717, 1.165) is 0 Å². The zero-order valence-electron chi connectivity index (χ0n) is 12.0. The molecule has 0 saturated carbocycles. The molecule has 0 aliphatic carbocycles. The third-order valence-electron chi connectivity index (χ3n) is 3.20. The van der Waals surface area contributed by atoms with E-state index < -0.39 is 11.9 Å². The van der Waals surface area contributed by atoms with Gasteiger partial charge in [-0.25, -0.2) is 9.59 Å². The number of ether oxygens (including phenoxy) is 2. The topological polar surface area (TPSA) is 93.1 Å². The van der Waals surface area contributed by atoms with Crippen LogP contribution in [0, 0.1) is 0 Å². The average molecular weight is 302 g/mol. The lowest BCUT2D eigenvalue weighted by molar-refractivity contribution is 0.0683. The molecule has 2 rings (SSSR count). The van der Waals surface area contributed by atoms with Gasteiger partial charge in [0.15, 0.2) is 11.5 Å². The lowest BCUT2D eigenvalue weighted by Crippen LogP contribution is -2.05. The van der Waals surface area contributed by atoms with Gasteiger partial charge in [-0.15, -0.1) is 0 Å². The van der Waals surface area contributed by atoms with Gasteiger partial charge in [0.25, 0.3) is 0 Å². The summed E-state index contributed by atoms with van der Waals surface area (Å²) in [7, 11) is 2.70. The van der Waals surface area contributed by atoms with Gasteiger partial charge in [-0.05, 0) is 18.2 Å². The molecule has 22 heavy (non-hydrogen) atoms. The predicted molar refractivity (Wildman–Crippen MR) is 78.9 cm³/mol. The van der Waals surface area contributed by atoms with E-state index in [0.29, 0.717) is 11.1 Å². The second kappa shape index (κ2) is 6.17. The molecule has 6 nitrogen and oxygen atoms in total. The third kappa shape index (κ3) is 2.58. The third-order valence-corrected chi connectivity index (χ3v) is 3.20. The molecule has 0 atom stereocenters. The normalized spacial score (nSPS) is 10.1. The summed E-state index contributed by atoms with van der Waals surface area (Å²) in [6.07, 6.45) is 0. The Labute approximate surface area is 126 Å². The number of benzene rings is 2. The molecule has 0 unspecified atom stereocenters. The summed E-state index contributed by atoms with van der Waals surface area (Å²) in [6.45, 7) is 0. The summed E-state index contributed by atoms with van der Waals surface area (Å²) >= 11 is 0. The molecular formula is C16H14O6. The Morgan fingerprint density at radius 2 is 1.36 bits per heavy atom. The van der Waals surface area contributed by atoms with Crippen molar-refractivity contribution in [1.29, 1.82) is 0 Å². The van der Waals surface area contributed by atoms with Crippen LogP contribution in [0.5, 0.6) is 11.5 Å². The molecule has 0 saturated heterocycles. The lowest BCUT2D eigenvalue weighted by atomic mass is 9.97. The first-order chi connectivity index (χ1) is 10.5. The summed E-state index contributed by atoms with van der Waals surface area (Å²) < 4.78 is 10.4. The number of methoxy groups -OCH3 is 2. The van der Waals surface area contributed by atoms with E-state index in [1.54, 1.807) is 18.2 Å². The van der Waals surface area contributed by atoms with Crippen LogP contribution in [0.3, 0.4) is 0 Å². The van der Waals surface area contributed by atoms with Gasteiger partial charge in [0, 0.05) is 11.1 Å². The zero-order valence-corrected chi connectivity index (χ0v) is 12.0. The highest BCUT2D eigenvalue weighted by Crippen LogP contribution is 2.41. The first-order valence-corrected chi connectivity index (χ1v) is 6.32. The first kappa shape index (κ1) is 15.4. The quantitative estimate of drug-likeness (QED) is 0.882. The standard InChI is InChI=1S/C16H14O6/c1-21-13-10(7-8-12(16(19)20)14(13)22-2)9-5-3-4-6-11(9)15(17)18/h3-8H,1-2H3,(H,17,18)(H,19,20). The fraction of sp³-hybridized carbons (Fsp3) is 0.125. The molecule has 0 aromatic heterocycles. The van der Waals surface area contributed by atoms with E-state index in [9.17, 15) is 19.8 Å². The molecule has 2 N–H and O–H groups in total. The monoisotopic (exact) mass is 302 g/mol. The van der Waals surface area contributed by atoms with Gasteiger partial charge in [0.2, 0.25) is 0 Å². The Bertz CT molecular complexity index is 735. The van der Waals surface area contributed by atoms with Crippen LogP contribution in [-0.2, 0) is 0 Å². The molecule has 2 aromatic carbocycles. The van der Waals surface area contributed by atoms with Gasteiger partial charge in [0.1, 0.15) is 5.56 Å². The number of hydrogen-bond donors (Lipinski definition) is 2. The Morgan fingerprint density at radius 3 is 1.91 bits per heavy atom.